The Labute approximate surface area is 197 Å². The summed E-state index contributed by atoms with van der Waals surface area (Å²) in [5, 5.41) is 0. The van der Waals surface area contributed by atoms with Gasteiger partial charge in [-0.25, -0.2) is 14.8 Å². The molecule has 0 N–H and O–H groups in total. The van der Waals surface area contributed by atoms with Gasteiger partial charge in [0, 0.05) is 50.3 Å². The van der Waals surface area contributed by atoms with Crippen LogP contribution < -0.4 is 0 Å². The fourth-order valence-electron chi connectivity index (χ4n) is 5.08. The van der Waals surface area contributed by atoms with Crippen molar-refractivity contribution in [3.63, 3.8) is 0 Å². The Morgan fingerprint density at radius 2 is 1.97 bits per heavy atom. The van der Waals surface area contributed by atoms with Crippen LogP contribution >= 0.6 is 22.9 Å². The van der Waals surface area contributed by atoms with Crippen molar-refractivity contribution in [1.29, 1.82) is 0 Å². The molecule has 3 aliphatic rings. The van der Waals surface area contributed by atoms with E-state index < -0.39 is 5.60 Å². The maximum Gasteiger partial charge on any atom is 0.410 e. The van der Waals surface area contributed by atoms with E-state index in [0.717, 1.165) is 42.9 Å². The third-order valence-corrected chi connectivity index (χ3v) is 7.75. The highest BCUT2D eigenvalue weighted by Gasteiger charge is 2.46. The lowest BCUT2D eigenvalue weighted by atomic mass is 10.0. The molecule has 0 aliphatic carbocycles. The molecule has 0 saturated carbocycles. The van der Waals surface area contributed by atoms with E-state index in [1.807, 2.05) is 31.9 Å². The van der Waals surface area contributed by atoms with Crippen molar-refractivity contribution < 1.29 is 14.3 Å². The standard InChI is InChI=1S/C22H30ClN5O3S/c1-22(2,3)31-21(29)28-10-14-8-27(9-15(14)11-28)20(26-4-5-30-19(23)12-26)17-6-16-18(32-17)7-24-13-25-16/h6-7,13-15,19-20H,4-5,8-12H2,1-3H3. The quantitative estimate of drug-likeness (QED) is 0.625. The molecule has 3 aliphatic heterocycles. The van der Waals surface area contributed by atoms with E-state index in [9.17, 15) is 4.79 Å². The fourth-order valence-corrected chi connectivity index (χ4v) is 6.50. The normalized spacial score (nSPS) is 28.2. The minimum absolute atomic E-state index is 0.125. The van der Waals surface area contributed by atoms with Crippen LogP contribution in [0.25, 0.3) is 10.2 Å². The molecular formula is C22H30ClN5O3S. The Morgan fingerprint density at radius 3 is 2.62 bits per heavy atom. The van der Waals surface area contributed by atoms with Crippen molar-refractivity contribution in [2.24, 2.45) is 11.8 Å². The summed E-state index contributed by atoms with van der Waals surface area (Å²) in [6, 6.07) is 2.19. The zero-order valence-electron chi connectivity index (χ0n) is 18.7. The van der Waals surface area contributed by atoms with E-state index in [-0.39, 0.29) is 17.8 Å². The molecule has 0 aromatic carbocycles. The molecule has 5 heterocycles. The highest BCUT2D eigenvalue weighted by Crippen LogP contribution is 2.41. The molecule has 5 rings (SSSR count). The smallest absolute Gasteiger partial charge is 0.410 e. The van der Waals surface area contributed by atoms with Crippen LogP contribution in [0.1, 0.15) is 31.8 Å². The topological polar surface area (TPSA) is 71.0 Å². The van der Waals surface area contributed by atoms with Crippen LogP contribution in [0, 0.1) is 11.8 Å². The molecule has 0 spiro atoms. The second kappa shape index (κ2) is 8.68. The van der Waals surface area contributed by atoms with Gasteiger partial charge in [0.05, 0.1) is 23.0 Å². The fraction of sp³-hybridized carbons (Fsp3) is 0.682. The molecule has 174 valence electrons. The molecule has 10 heteroatoms. The van der Waals surface area contributed by atoms with Gasteiger partial charge < -0.3 is 14.4 Å². The third-order valence-electron chi connectivity index (χ3n) is 6.38. The van der Waals surface area contributed by atoms with Gasteiger partial charge in [-0.1, -0.05) is 11.6 Å². The minimum atomic E-state index is -0.468. The van der Waals surface area contributed by atoms with Crippen molar-refractivity contribution in [1.82, 2.24) is 24.7 Å². The number of amides is 1. The molecule has 0 bridgehead atoms. The highest BCUT2D eigenvalue weighted by atomic mass is 35.5. The Bertz CT molecular complexity index is 935. The number of carbonyl (C=O) groups excluding carboxylic acids is 1. The average molecular weight is 480 g/mol. The van der Waals surface area contributed by atoms with Crippen LogP contribution in [0.15, 0.2) is 18.6 Å². The lowest BCUT2D eigenvalue weighted by Crippen LogP contribution is -2.48. The molecule has 2 aromatic heterocycles. The summed E-state index contributed by atoms with van der Waals surface area (Å²) >= 11 is 8.12. The molecule has 0 radical (unpaired) electrons. The number of thiophene rings is 1. The van der Waals surface area contributed by atoms with E-state index in [0.29, 0.717) is 25.0 Å². The zero-order valence-corrected chi connectivity index (χ0v) is 20.3. The number of hydrogen-bond acceptors (Lipinski definition) is 8. The average Bonchev–Trinajstić information content (AvgIpc) is 3.39. The molecule has 32 heavy (non-hydrogen) atoms. The zero-order chi connectivity index (χ0) is 22.5. The highest BCUT2D eigenvalue weighted by molar-refractivity contribution is 7.19. The van der Waals surface area contributed by atoms with Crippen molar-refractivity contribution in [3.8, 4) is 0 Å². The van der Waals surface area contributed by atoms with Gasteiger partial charge in [0.25, 0.3) is 0 Å². The first-order valence-electron chi connectivity index (χ1n) is 11.2. The Hall–Kier alpha value is -1.52. The monoisotopic (exact) mass is 479 g/mol. The Morgan fingerprint density at radius 1 is 1.22 bits per heavy atom. The maximum atomic E-state index is 12.6. The molecule has 8 nitrogen and oxygen atoms in total. The molecule has 4 unspecified atom stereocenters. The molecule has 3 saturated heterocycles. The van der Waals surface area contributed by atoms with Crippen molar-refractivity contribution in [2.45, 2.75) is 38.1 Å². The number of nitrogens with zero attached hydrogens (tertiary/aromatic N) is 5. The SMILES string of the molecule is CC(C)(C)OC(=O)N1CC2CN(C(c3cc4ncncc4s3)N3CCOC(Cl)C3)CC2C1. The largest absolute Gasteiger partial charge is 0.444 e. The van der Waals surface area contributed by atoms with Gasteiger partial charge in [0.1, 0.15) is 17.5 Å². The predicted molar refractivity (Wildman–Crippen MR) is 124 cm³/mol. The molecule has 2 aromatic rings. The molecule has 4 atom stereocenters. The van der Waals surface area contributed by atoms with Gasteiger partial charge in [-0.15, -0.1) is 11.3 Å². The second-order valence-corrected chi connectivity index (χ2v) is 11.5. The van der Waals surface area contributed by atoms with E-state index in [4.69, 9.17) is 21.1 Å². The van der Waals surface area contributed by atoms with E-state index >= 15 is 0 Å². The lowest BCUT2D eigenvalue weighted by molar-refractivity contribution is -0.0448. The Kier molecular flexibility index (Phi) is 6.05. The van der Waals surface area contributed by atoms with Crippen LogP contribution in [-0.4, -0.2) is 87.8 Å². The number of rotatable bonds is 3. The first-order chi connectivity index (χ1) is 15.3. The van der Waals surface area contributed by atoms with Gasteiger partial charge in [-0.3, -0.25) is 9.80 Å². The second-order valence-electron chi connectivity index (χ2n) is 9.93. The van der Waals surface area contributed by atoms with E-state index in [1.54, 1.807) is 17.7 Å². The summed E-state index contributed by atoms with van der Waals surface area (Å²) in [5.74, 6) is 0.902. The maximum absolute atomic E-state index is 12.6. The third kappa shape index (κ3) is 4.59. The molecule has 1 amide bonds. The molecular weight excluding hydrogens is 450 g/mol. The van der Waals surface area contributed by atoms with Gasteiger partial charge in [-0.05, 0) is 38.7 Å². The number of carbonyl (C=O) groups is 1. The number of alkyl halides is 1. The van der Waals surface area contributed by atoms with E-state index in [1.165, 1.54) is 4.88 Å². The Balaban J connectivity index is 1.34. The number of halogens is 1. The van der Waals surface area contributed by atoms with Crippen molar-refractivity contribution >= 4 is 39.2 Å². The van der Waals surface area contributed by atoms with Gasteiger partial charge in [0.2, 0.25) is 0 Å². The molecule has 3 fully saturated rings. The number of ether oxygens (including phenoxy) is 2. The number of morpholine rings is 1. The first kappa shape index (κ1) is 22.3. The minimum Gasteiger partial charge on any atom is -0.444 e. The lowest BCUT2D eigenvalue weighted by Gasteiger charge is -2.41. The number of aromatic nitrogens is 2. The van der Waals surface area contributed by atoms with Crippen LogP contribution in [-0.2, 0) is 9.47 Å². The number of likely N-dealkylation sites (tertiary alicyclic amines) is 2. The van der Waals surface area contributed by atoms with Crippen LogP contribution in [0.2, 0.25) is 0 Å². The van der Waals surface area contributed by atoms with Crippen LogP contribution in [0.3, 0.4) is 0 Å². The summed E-state index contributed by atoms with van der Waals surface area (Å²) < 4.78 is 12.3. The summed E-state index contributed by atoms with van der Waals surface area (Å²) in [6.45, 7) is 11.3. The summed E-state index contributed by atoms with van der Waals surface area (Å²) in [7, 11) is 0. The summed E-state index contributed by atoms with van der Waals surface area (Å²) in [5.41, 5.74) is 0.214. The number of fused-ring (bicyclic) bond motifs is 2. The van der Waals surface area contributed by atoms with Gasteiger partial charge in [-0.2, -0.15) is 0 Å². The first-order valence-corrected chi connectivity index (χ1v) is 12.4. The van der Waals surface area contributed by atoms with Crippen molar-refractivity contribution in [3.05, 3.63) is 23.5 Å². The van der Waals surface area contributed by atoms with Gasteiger partial charge >= 0.3 is 6.09 Å². The van der Waals surface area contributed by atoms with Crippen LogP contribution in [0.5, 0.6) is 0 Å². The van der Waals surface area contributed by atoms with Gasteiger partial charge in [0.15, 0.2) is 0 Å². The predicted octanol–water partition coefficient (Wildman–Crippen LogP) is 3.39. The number of hydrogen-bond donors (Lipinski definition) is 0. The van der Waals surface area contributed by atoms with Crippen LogP contribution in [0.4, 0.5) is 4.79 Å². The summed E-state index contributed by atoms with van der Waals surface area (Å²) in [6.07, 6.45) is 3.41. The summed E-state index contributed by atoms with van der Waals surface area (Å²) in [4.78, 5) is 29.3. The van der Waals surface area contributed by atoms with Crippen molar-refractivity contribution in [2.75, 3.05) is 45.9 Å². The van der Waals surface area contributed by atoms with E-state index in [2.05, 4.69) is 25.8 Å².